The van der Waals surface area contributed by atoms with Crippen molar-refractivity contribution >= 4 is 0 Å². The lowest BCUT2D eigenvalue weighted by molar-refractivity contribution is -0.113. The number of piperidine rings is 1. The first-order valence-electron chi connectivity index (χ1n) is 32.0. The molecule has 0 aromatic heterocycles. The Bertz CT molecular complexity index is 1670. The molecule has 6 fully saturated rings. The molecule has 13 nitrogen and oxygen atoms in total. The molecule has 0 saturated carbocycles. The topological polar surface area (TPSA) is 66.1 Å². The van der Waals surface area contributed by atoms with Crippen molar-refractivity contribution in [1.82, 2.24) is 44.1 Å². The molecule has 0 N–H and O–H groups in total. The molecule has 0 aliphatic carbocycles. The van der Waals surface area contributed by atoms with E-state index in [1.165, 1.54) is 104 Å². The van der Waals surface area contributed by atoms with E-state index in [0.717, 1.165) is 58.9 Å². The lowest BCUT2D eigenvalue weighted by Crippen LogP contribution is -2.65. The first kappa shape index (κ1) is 72.7. The first-order chi connectivity index (χ1) is 35.7. The Hall–Kier alpha value is -0.520. The molecule has 13 heteroatoms. The predicted octanol–water partition coefficient (Wildman–Crippen LogP) is 11.8. The van der Waals surface area contributed by atoms with Crippen molar-refractivity contribution in [3.8, 4) is 0 Å². The highest BCUT2D eigenvalue weighted by molar-refractivity contribution is 5.02. The number of nitrogens with zero attached hydrogens (tertiary/aromatic N) is 9. The third-order valence-corrected chi connectivity index (χ3v) is 17.3. The summed E-state index contributed by atoms with van der Waals surface area (Å²) in [5.41, 5.74) is 1.71. The van der Waals surface area contributed by atoms with E-state index in [2.05, 4.69) is 238 Å². The number of ether oxygens (including phenoxy) is 4. The SMILES string of the molecule is CC(C)(C)OCCCN1CCC2(CC1)CN(C(C)(C)C)C2.CC(C)(C)OCN1CCC(CN2CCN(C(C)(C)C)CC2)C1.CC1CN(C(C)(C)C)C(C)CN1COC(C)(C)C.CC1CN(C(C)(C)C)CC(C)N1COC(C)(C)C. The van der Waals surface area contributed by atoms with Gasteiger partial charge in [0.25, 0.3) is 0 Å². The molecular weight excluding hydrogens is 983 g/mol. The van der Waals surface area contributed by atoms with Crippen LogP contribution in [0, 0.1) is 11.3 Å². The van der Waals surface area contributed by atoms with Gasteiger partial charge in [-0.05, 0) is 244 Å². The second-order valence-corrected chi connectivity index (χ2v) is 33.6. The molecule has 6 rings (SSSR count). The minimum atomic E-state index is -0.0550. The highest BCUT2D eigenvalue weighted by Crippen LogP contribution is 2.43. The Morgan fingerprint density at radius 2 is 0.861 bits per heavy atom. The van der Waals surface area contributed by atoms with Crippen molar-refractivity contribution in [3.63, 3.8) is 0 Å². The van der Waals surface area contributed by atoms with Crippen LogP contribution in [-0.2, 0) is 18.9 Å². The molecule has 0 aromatic carbocycles. The Labute approximate surface area is 492 Å². The maximum atomic E-state index is 5.94. The van der Waals surface area contributed by atoms with E-state index < -0.39 is 0 Å². The van der Waals surface area contributed by atoms with Crippen molar-refractivity contribution in [2.24, 2.45) is 11.3 Å². The van der Waals surface area contributed by atoms with Gasteiger partial charge in [-0.2, -0.15) is 0 Å². The average molecular weight is 1120 g/mol. The predicted molar refractivity (Wildman–Crippen MR) is 338 cm³/mol. The second-order valence-electron chi connectivity index (χ2n) is 33.6. The summed E-state index contributed by atoms with van der Waals surface area (Å²) in [6.45, 7) is 85.1. The molecule has 6 aliphatic heterocycles. The van der Waals surface area contributed by atoms with Crippen LogP contribution in [-0.4, -0.2) is 244 Å². The summed E-state index contributed by atoms with van der Waals surface area (Å²) in [6, 6.07) is 2.25. The van der Waals surface area contributed by atoms with Gasteiger partial charge in [0.2, 0.25) is 0 Å². The van der Waals surface area contributed by atoms with Crippen molar-refractivity contribution in [2.45, 2.75) is 288 Å². The van der Waals surface area contributed by atoms with Crippen molar-refractivity contribution in [1.29, 1.82) is 0 Å². The van der Waals surface area contributed by atoms with E-state index in [9.17, 15) is 0 Å². The van der Waals surface area contributed by atoms with Gasteiger partial charge in [-0.1, -0.05) is 0 Å². The molecule has 0 bridgehead atoms. The molecule has 5 unspecified atom stereocenters. The first-order valence-corrected chi connectivity index (χ1v) is 32.0. The second kappa shape index (κ2) is 29.7. The number of rotatable bonds is 12. The average Bonchev–Trinajstić information content (AvgIpc) is 3.72. The van der Waals surface area contributed by atoms with Gasteiger partial charge in [0.05, 0.1) is 29.1 Å². The molecule has 0 aromatic rings. The van der Waals surface area contributed by atoms with Gasteiger partial charge in [0.1, 0.15) is 13.5 Å². The minimum Gasteiger partial charge on any atom is -0.376 e. The fraction of sp³-hybridized carbons (Fsp3) is 1.00. The zero-order chi connectivity index (χ0) is 60.4. The third kappa shape index (κ3) is 27.6. The molecule has 6 aliphatic rings. The summed E-state index contributed by atoms with van der Waals surface area (Å²) < 4.78 is 23.6. The lowest BCUT2D eigenvalue weighted by Gasteiger charge is -2.58. The standard InChI is InChI=1S/C18H37N3O.C18H36N2O.2C15H32N2O/c1-17(2,3)21-11-9-19(10-12-21)13-16-7-8-20(14-16)15-22-18(4,5)6;1-16(2,3)20-14-18(15-20)8-11-19(12-9-18)10-7-13-21-17(4,5)6;1-12-10-17(14(3,4)5)13(2)9-16(12)11-18-15(6,7)8;1-12-9-16(14(3,4)5)10-13(2)17(12)11-18-15(6,7)8/h16H,7-15H2,1-6H3;7-15H2,1-6H3;2*12-13H,9-11H2,1-8H3. The van der Waals surface area contributed by atoms with Crippen molar-refractivity contribution < 1.29 is 18.9 Å². The monoisotopic (exact) mass is 1120 g/mol. The lowest BCUT2D eigenvalue weighted by atomic mass is 9.70. The van der Waals surface area contributed by atoms with Crippen molar-refractivity contribution in [3.05, 3.63) is 0 Å². The van der Waals surface area contributed by atoms with Crippen LogP contribution in [0.25, 0.3) is 0 Å². The van der Waals surface area contributed by atoms with Crippen LogP contribution < -0.4 is 0 Å². The maximum Gasteiger partial charge on any atom is 0.100 e. The van der Waals surface area contributed by atoms with Gasteiger partial charge in [-0.15, -0.1) is 0 Å². The molecule has 0 radical (unpaired) electrons. The number of hydrogen-bond donors (Lipinski definition) is 0. The highest BCUT2D eigenvalue weighted by Gasteiger charge is 2.48. The number of likely N-dealkylation sites (tertiary alicyclic amines) is 3. The Balaban J connectivity index is 0.000000278. The summed E-state index contributed by atoms with van der Waals surface area (Å²) in [7, 11) is 0. The maximum absolute atomic E-state index is 5.94. The molecule has 6 saturated heterocycles. The van der Waals surface area contributed by atoms with Crippen molar-refractivity contribution in [2.75, 3.05) is 132 Å². The van der Waals surface area contributed by atoms with Crippen LogP contribution in [0.1, 0.15) is 220 Å². The summed E-state index contributed by atoms with van der Waals surface area (Å²) in [5.74, 6) is 0.824. The highest BCUT2D eigenvalue weighted by atomic mass is 16.5. The zero-order valence-corrected chi connectivity index (χ0v) is 58.0. The Morgan fingerprint density at radius 1 is 0.392 bits per heavy atom. The van der Waals surface area contributed by atoms with Crippen LogP contribution in [0.5, 0.6) is 0 Å². The van der Waals surface area contributed by atoms with E-state index in [-0.39, 0.29) is 33.5 Å². The smallest absolute Gasteiger partial charge is 0.100 e. The number of piperazine rings is 3. The van der Waals surface area contributed by atoms with Crippen LogP contribution >= 0.6 is 0 Å². The normalized spacial score (nSPS) is 27.0. The molecule has 5 atom stereocenters. The fourth-order valence-electron chi connectivity index (χ4n) is 11.9. The Kier molecular flexibility index (Phi) is 27.4. The molecule has 6 heterocycles. The Morgan fingerprint density at radius 3 is 1.32 bits per heavy atom. The summed E-state index contributed by atoms with van der Waals surface area (Å²) in [6.07, 6.45) is 5.27. The molecule has 1 spiro atoms. The number of hydrogen-bond acceptors (Lipinski definition) is 13. The molecular formula is C66H137N9O4. The van der Waals surface area contributed by atoms with Gasteiger partial charge in [-0.25, -0.2) is 0 Å². The quantitative estimate of drug-likeness (QED) is 0.175. The van der Waals surface area contributed by atoms with E-state index in [0.29, 0.717) is 40.7 Å². The van der Waals surface area contributed by atoms with E-state index in [4.69, 9.17) is 18.9 Å². The summed E-state index contributed by atoms with van der Waals surface area (Å²) in [5, 5.41) is 0. The van der Waals surface area contributed by atoms with E-state index >= 15 is 0 Å². The van der Waals surface area contributed by atoms with E-state index in [1.807, 2.05) is 0 Å². The molecule has 470 valence electrons. The van der Waals surface area contributed by atoms with Crippen LogP contribution in [0.15, 0.2) is 0 Å². The largest absolute Gasteiger partial charge is 0.376 e. The van der Waals surface area contributed by atoms with Gasteiger partial charge in [0, 0.05) is 145 Å². The third-order valence-electron chi connectivity index (χ3n) is 17.3. The van der Waals surface area contributed by atoms with Crippen LogP contribution in [0.3, 0.4) is 0 Å². The van der Waals surface area contributed by atoms with Gasteiger partial charge < -0.3 is 28.7 Å². The molecule has 0 amide bonds. The fourth-order valence-corrected chi connectivity index (χ4v) is 11.9. The zero-order valence-electron chi connectivity index (χ0n) is 58.0. The summed E-state index contributed by atoms with van der Waals surface area (Å²) in [4.78, 5) is 23.1. The van der Waals surface area contributed by atoms with Crippen LogP contribution in [0.2, 0.25) is 0 Å². The van der Waals surface area contributed by atoms with Gasteiger partial charge in [0.15, 0.2) is 0 Å². The van der Waals surface area contributed by atoms with Gasteiger partial charge >= 0.3 is 0 Å². The van der Waals surface area contributed by atoms with Crippen LogP contribution in [0.4, 0.5) is 0 Å². The summed E-state index contributed by atoms with van der Waals surface area (Å²) >= 11 is 0. The molecule has 79 heavy (non-hydrogen) atoms. The minimum absolute atomic E-state index is 0.00824. The van der Waals surface area contributed by atoms with E-state index in [1.54, 1.807) is 0 Å². The van der Waals surface area contributed by atoms with Gasteiger partial charge in [-0.3, -0.25) is 34.3 Å².